The molecule has 3 unspecified atom stereocenters. The Kier molecular flexibility index (Phi) is 5.79. The lowest BCUT2D eigenvalue weighted by molar-refractivity contribution is -0.132. The van der Waals surface area contributed by atoms with Crippen LogP contribution in [0.1, 0.15) is 44.2 Å². The van der Waals surface area contributed by atoms with E-state index in [4.69, 9.17) is 0 Å². The van der Waals surface area contributed by atoms with E-state index >= 15 is 0 Å². The van der Waals surface area contributed by atoms with Crippen molar-refractivity contribution in [1.82, 2.24) is 15.1 Å². The Bertz CT molecular complexity index is 446. The fourth-order valence-electron chi connectivity index (χ4n) is 3.02. The van der Waals surface area contributed by atoms with Crippen LogP contribution in [0, 0.1) is 0 Å². The second-order valence-corrected chi connectivity index (χ2v) is 7.12. The standard InChI is InChI=1S/C16H27N3OS/c1-5-6-8-13-16(20)19(12(2)11-18(3)4)15(17-13)14-9-7-10-21-14/h7,9-10,12-13,15,17H,5-6,8,11H2,1-4H3. The largest absolute Gasteiger partial charge is 0.317 e. The van der Waals surface area contributed by atoms with Gasteiger partial charge in [-0.1, -0.05) is 25.8 Å². The Balaban J connectivity index is 2.17. The van der Waals surface area contributed by atoms with Gasteiger partial charge in [-0.05, 0) is 38.9 Å². The van der Waals surface area contributed by atoms with Crippen molar-refractivity contribution in [3.8, 4) is 0 Å². The Morgan fingerprint density at radius 2 is 2.24 bits per heavy atom. The highest BCUT2D eigenvalue weighted by atomic mass is 32.1. The van der Waals surface area contributed by atoms with Crippen LogP contribution in [0.2, 0.25) is 0 Å². The molecule has 1 saturated heterocycles. The van der Waals surface area contributed by atoms with Gasteiger partial charge in [-0.25, -0.2) is 0 Å². The molecule has 1 aliphatic rings. The summed E-state index contributed by atoms with van der Waals surface area (Å²) in [4.78, 5) is 18.2. The molecule has 0 radical (unpaired) electrons. The van der Waals surface area contributed by atoms with Crippen LogP contribution in [-0.2, 0) is 4.79 Å². The summed E-state index contributed by atoms with van der Waals surface area (Å²) in [7, 11) is 4.11. The van der Waals surface area contributed by atoms with Gasteiger partial charge in [0.15, 0.2) is 0 Å². The number of nitrogens with zero attached hydrogens (tertiary/aromatic N) is 2. The molecule has 5 heteroatoms. The third-order valence-corrected chi connectivity index (χ3v) is 4.88. The molecule has 0 bridgehead atoms. The highest BCUT2D eigenvalue weighted by Crippen LogP contribution is 2.31. The van der Waals surface area contributed by atoms with E-state index in [0.717, 1.165) is 25.8 Å². The highest BCUT2D eigenvalue weighted by molar-refractivity contribution is 7.10. The average molecular weight is 309 g/mol. The monoisotopic (exact) mass is 309 g/mol. The molecule has 1 fully saturated rings. The summed E-state index contributed by atoms with van der Waals surface area (Å²) in [5.74, 6) is 0.260. The molecule has 1 amide bonds. The molecule has 1 aromatic heterocycles. The van der Waals surface area contributed by atoms with Gasteiger partial charge in [-0.2, -0.15) is 0 Å². The predicted molar refractivity (Wildman–Crippen MR) is 88.4 cm³/mol. The lowest BCUT2D eigenvalue weighted by atomic mass is 10.1. The molecule has 1 aliphatic heterocycles. The number of thiophene rings is 1. The van der Waals surface area contributed by atoms with E-state index in [1.54, 1.807) is 11.3 Å². The topological polar surface area (TPSA) is 35.6 Å². The maximum absolute atomic E-state index is 12.8. The minimum absolute atomic E-state index is 0.0262. The predicted octanol–water partition coefficient (Wildman–Crippen LogP) is 2.69. The van der Waals surface area contributed by atoms with Crippen LogP contribution >= 0.6 is 11.3 Å². The van der Waals surface area contributed by atoms with Crippen molar-refractivity contribution in [2.24, 2.45) is 0 Å². The van der Waals surface area contributed by atoms with Crippen molar-refractivity contribution < 1.29 is 4.79 Å². The number of hydrogen-bond acceptors (Lipinski definition) is 4. The number of carbonyl (C=O) groups excluding carboxylic acids is 1. The molecule has 1 aromatic rings. The summed E-state index contributed by atoms with van der Waals surface area (Å²) < 4.78 is 0. The van der Waals surface area contributed by atoms with Gasteiger partial charge in [-0.3, -0.25) is 10.1 Å². The van der Waals surface area contributed by atoms with Crippen molar-refractivity contribution in [3.63, 3.8) is 0 Å². The smallest absolute Gasteiger partial charge is 0.241 e. The van der Waals surface area contributed by atoms with Gasteiger partial charge in [0.05, 0.1) is 6.04 Å². The third-order valence-electron chi connectivity index (χ3n) is 3.95. The maximum atomic E-state index is 12.8. The quantitative estimate of drug-likeness (QED) is 0.841. The number of likely N-dealkylation sites (N-methyl/N-ethyl adjacent to an activating group) is 1. The van der Waals surface area contributed by atoms with Crippen molar-refractivity contribution in [2.45, 2.75) is 51.4 Å². The molecule has 2 rings (SSSR count). The Morgan fingerprint density at radius 1 is 1.48 bits per heavy atom. The van der Waals surface area contributed by atoms with Crippen LogP contribution in [0.25, 0.3) is 0 Å². The summed E-state index contributed by atoms with van der Waals surface area (Å²) >= 11 is 1.72. The lowest BCUT2D eigenvalue weighted by Crippen LogP contribution is -2.43. The number of hydrogen-bond donors (Lipinski definition) is 1. The van der Waals surface area contributed by atoms with Gasteiger partial charge >= 0.3 is 0 Å². The fourth-order valence-corrected chi connectivity index (χ4v) is 3.80. The molecule has 118 valence electrons. The summed E-state index contributed by atoms with van der Waals surface area (Å²) in [6, 6.07) is 4.36. The zero-order valence-corrected chi connectivity index (χ0v) is 14.3. The molecule has 21 heavy (non-hydrogen) atoms. The van der Waals surface area contributed by atoms with Gasteiger partial charge in [0.1, 0.15) is 6.17 Å². The number of nitrogens with one attached hydrogen (secondary N) is 1. The van der Waals surface area contributed by atoms with Crippen molar-refractivity contribution in [1.29, 1.82) is 0 Å². The molecular weight excluding hydrogens is 282 g/mol. The highest BCUT2D eigenvalue weighted by Gasteiger charge is 2.41. The SMILES string of the molecule is CCCCC1NC(c2cccs2)N(C(C)CN(C)C)C1=O. The molecule has 0 aromatic carbocycles. The lowest BCUT2D eigenvalue weighted by Gasteiger charge is -2.31. The molecule has 1 N–H and O–H groups in total. The summed E-state index contributed by atoms with van der Waals surface area (Å²) in [5.41, 5.74) is 0. The molecular formula is C16H27N3OS. The minimum Gasteiger partial charge on any atom is -0.317 e. The molecule has 0 spiro atoms. The van der Waals surface area contributed by atoms with Crippen LogP contribution in [0.5, 0.6) is 0 Å². The Hall–Kier alpha value is -0.910. The van der Waals surface area contributed by atoms with Crippen LogP contribution in [-0.4, -0.2) is 48.4 Å². The number of amides is 1. The van der Waals surface area contributed by atoms with E-state index < -0.39 is 0 Å². The molecule has 0 saturated carbocycles. The second-order valence-electron chi connectivity index (χ2n) is 6.14. The maximum Gasteiger partial charge on any atom is 0.241 e. The van der Waals surface area contributed by atoms with Crippen molar-refractivity contribution in [2.75, 3.05) is 20.6 Å². The molecule has 2 heterocycles. The number of carbonyl (C=O) groups is 1. The van der Waals surface area contributed by atoms with Gasteiger partial charge < -0.3 is 9.80 Å². The summed E-state index contributed by atoms with van der Waals surface area (Å²) in [6.45, 7) is 5.20. The molecule has 0 aliphatic carbocycles. The second kappa shape index (κ2) is 7.38. The van der Waals surface area contributed by atoms with E-state index in [-0.39, 0.29) is 24.2 Å². The summed E-state index contributed by atoms with van der Waals surface area (Å²) in [5, 5.41) is 5.63. The van der Waals surface area contributed by atoms with Crippen molar-refractivity contribution >= 4 is 17.2 Å². The van der Waals surface area contributed by atoms with Crippen molar-refractivity contribution in [3.05, 3.63) is 22.4 Å². The van der Waals surface area contributed by atoms with E-state index in [1.807, 2.05) is 4.90 Å². The van der Waals surface area contributed by atoms with E-state index in [2.05, 4.69) is 55.7 Å². The minimum atomic E-state index is -0.0262. The first kappa shape index (κ1) is 16.5. The fraction of sp³-hybridized carbons (Fsp3) is 0.688. The first-order chi connectivity index (χ1) is 10.0. The molecule has 4 nitrogen and oxygen atoms in total. The van der Waals surface area contributed by atoms with Crippen LogP contribution in [0.4, 0.5) is 0 Å². The van der Waals surface area contributed by atoms with Gasteiger partial charge in [-0.15, -0.1) is 11.3 Å². The number of rotatable bonds is 7. The van der Waals surface area contributed by atoms with Gasteiger partial charge in [0.2, 0.25) is 5.91 Å². The van der Waals surface area contributed by atoms with Gasteiger partial charge in [0.25, 0.3) is 0 Å². The van der Waals surface area contributed by atoms with Crippen LogP contribution in [0.15, 0.2) is 17.5 Å². The van der Waals surface area contributed by atoms with E-state index in [0.29, 0.717) is 0 Å². The first-order valence-corrected chi connectivity index (χ1v) is 8.69. The average Bonchev–Trinajstić information content (AvgIpc) is 3.03. The van der Waals surface area contributed by atoms with E-state index in [1.165, 1.54) is 4.88 Å². The zero-order chi connectivity index (χ0) is 15.4. The first-order valence-electron chi connectivity index (χ1n) is 7.81. The van der Waals surface area contributed by atoms with Crippen LogP contribution < -0.4 is 5.32 Å². The summed E-state index contributed by atoms with van der Waals surface area (Å²) in [6.07, 6.45) is 3.19. The third kappa shape index (κ3) is 3.84. The van der Waals surface area contributed by atoms with Gasteiger partial charge in [0, 0.05) is 17.5 Å². The van der Waals surface area contributed by atoms with Crippen LogP contribution in [0.3, 0.4) is 0 Å². The molecule has 3 atom stereocenters. The zero-order valence-electron chi connectivity index (χ0n) is 13.5. The normalized spacial score (nSPS) is 24.0. The van der Waals surface area contributed by atoms with E-state index in [9.17, 15) is 4.79 Å². The Morgan fingerprint density at radius 3 is 2.81 bits per heavy atom. The number of unbranched alkanes of at least 4 members (excludes halogenated alkanes) is 1. The Labute approximate surface area is 132 Å².